The van der Waals surface area contributed by atoms with Crippen LogP contribution in [0.2, 0.25) is 0 Å². The highest BCUT2D eigenvalue weighted by molar-refractivity contribution is 8.00. The van der Waals surface area contributed by atoms with E-state index in [1.54, 1.807) is 0 Å². The van der Waals surface area contributed by atoms with Crippen LogP contribution in [-0.4, -0.2) is 22.9 Å². The molecule has 0 unspecified atom stereocenters. The summed E-state index contributed by atoms with van der Waals surface area (Å²) in [7, 11) is 0. The predicted octanol–water partition coefficient (Wildman–Crippen LogP) is 5.70. The number of benzene rings is 2. The van der Waals surface area contributed by atoms with Crippen molar-refractivity contribution >= 4 is 23.5 Å². The van der Waals surface area contributed by atoms with Crippen LogP contribution in [0.25, 0.3) is 0 Å². The van der Waals surface area contributed by atoms with E-state index >= 15 is 0 Å². The lowest BCUT2D eigenvalue weighted by Crippen LogP contribution is -2.19. The topological polar surface area (TPSA) is 48.3 Å². The number of carbonyl (C=O) groups excluding carboxylic acids is 2. The number of thioether (sulfide) groups is 1. The van der Waals surface area contributed by atoms with Gasteiger partial charge in [0, 0.05) is 27.9 Å². The number of hydrogen-bond acceptors (Lipinski definition) is 4. The van der Waals surface area contributed by atoms with Crippen molar-refractivity contribution < 1.29 is 14.3 Å². The molecule has 1 saturated carbocycles. The van der Waals surface area contributed by atoms with Crippen molar-refractivity contribution in [1.29, 1.82) is 0 Å². The van der Waals surface area contributed by atoms with E-state index in [4.69, 9.17) is 4.74 Å². The van der Waals surface area contributed by atoms with Crippen LogP contribution in [0.3, 0.4) is 0 Å². The van der Waals surface area contributed by atoms with E-state index in [2.05, 4.69) is 4.57 Å². The maximum Gasteiger partial charge on any atom is 0.324 e. The van der Waals surface area contributed by atoms with Gasteiger partial charge in [-0.15, -0.1) is 11.8 Å². The van der Waals surface area contributed by atoms with E-state index < -0.39 is 11.2 Å². The molecule has 1 fully saturated rings. The minimum Gasteiger partial charge on any atom is -0.456 e. The fourth-order valence-electron chi connectivity index (χ4n) is 3.76. The highest BCUT2D eigenvalue weighted by atomic mass is 32.2. The molecule has 0 aliphatic heterocycles. The Kier molecular flexibility index (Phi) is 6.09. The molecule has 0 radical (unpaired) electrons. The normalized spacial score (nSPS) is 14.3. The third-order valence-corrected chi connectivity index (χ3v) is 6.60. The molecular formula is C25H25NO3S. The summed E-state index contributed by atoms with van der Waals surface area (Å²) in [5, 5.41) is -0.528. The minimum absolute atomic E-state index is 0.153. The summed E-state index contributed by atoms with van der Waals surface area (Å²) >= 11 is 1.43. The van der Waals surface area contributed by atoms with Gasteiger partial charge in [-0.1, -0.05) is 48.5 Å². The number of aryl methyl sites for hydroxylation is 1. The average Bonchev–Trinajstić information content (AvgIpc) is 3.55. The van der Waals surface area contributed by atoms with Crippen LogP contribution in [0.5, 0.6) is 0 Å². The molecule has 1 aliphatic rings. The van der Waals surface area contributed by atoms with E-state index in [9.17, 15) is 9.59 Å². The first-order valence-electron chi connectivity index (χ1n) is 10.2. The number of ether oxygens (including phenoxy) is 1. The van der Waals surface area contributed by atoms with E-state index in [1.807, 2.05) is 80.6 Å². The molecule has 1 aromatic heterocycles. The Morgan fingerprint density at radius 3 is 2.30 bits per heavy atom. The van der Waals surface area contributed by atoms with Crippen LogP contribution < -0.4 is 0 Å². The zero-order chi connectivity index (χ0) is 21.1. The maximum absolute atomic E-state index is 13.0. The third kappa shape index (κ3) is 4.51. The molecule has 30 heavy (non-hydrogen) atoms. The molecular weight excluding hydrogens is 394 g/mol. The first-order valence-corrected chi connectivity index (χ1v) is 11.1. The summed E-state index contributed by atoms with van der Waals surface area (Å²) in [5.41, 5.74) is 3.57. The van der Waals surface area contributed by atoms with Gasteiger partial charge in [0.1, 0.15) is 5.25 Å². The molecule has 154 valence electrons. The van der Waals surface area contributed by atoms with Gasteiger partial charge in [0.2, 0.25) is 5.78 Å². The number of Topliss-reactive ketones (excluding diaryl/α,β-unsaturated/α-hetero) is 1. The highest BCUT2D eigenvalue weighted by Crippen LogP contribution is 2.39. The van der Waals surface area contributed by atoms with Crippen LogP contribution in [0.4, 0.5) is 0 Å². The van der Waals surface area contributed by atoms with Crippen LogP contribution in [0.15, 0.2) is 71.6 Å². The SMILES string of the molecule is Cc1cc(C(=O)COC(=O)[C@@H](Sc2ccccc2)c2ccccc2)c(C)n1C1CC1. The molecule has 3 aromatic rings. The van der Waals surface area contributed by atoms with Gasteiger partial charge in [-0.2, -0.15) is 0 Å². The average molecular weight is 420 g/mol. The molecule has 1 aliphatic carbocycles. The number of rotatable bonds is 8. The van der Waals surface area contributed by atoms with Gasteiger partial charge in [0.25, 0.3) is 0 Å². The van der Waals surface area contributed by atoms with Gasteiger partial charge in [-0.25, -0.2) is 0 Å². The number of esters is 1. The summed E-state index contributed by atoms with van der Waals surface area (Å²) < 4.78 is 7.74. The van der Waals surface area contributed by atoms with Gasteiger partial charge in [0.05, 0.1) is 0 Å². The molecule has 0 N–H and O–H groups in total. The Morgan fingerprint density at radius 2 is 1.67 bits per heavy atom. The fraction of sp³-hybridized carbons (Fsp3) is 0.280. The lowest BCUT2D eigenvalue weighted by molar-refractivity contribution is -0.142. The van der Waals surface area contributed by atoms with E-state index in [-0.39, 0.29) is 12.4 Å². The van der Waals surface area contributed by atoms with Gasteiger partial charge < -0.3 is 9.30 Å². The second kappa shape index (κ2) is 8.92. The lowest BCUT2D eigenvalue weighted by Gasteiger charge is -2.16. The Morgan fingerprint density at radius 1 is 1.03 bits per heavy atom. The number of hydrogen-bond donors (Lipinski definition) is 0. The van der Waals surface area contributed by atoms with Crippen molar-refractivity contribution in [2.45, 2.75) is 42.9 Å². The zero-order valence-electron chi connectivity index (χ0n) is 17.2. The molecule has 5 heteroatoms. The smallest absolute Gasteiger partial charge is 0.324 e. The molecule has 1 heterocycles. The van der Waals surface area contributed by atoms with Gasteiger partial charge in [-0.05, 0) is 50.5 Å². The van der Waals surface area contributed by atoms with E-state index in [0.29, 0.717) is 11.6 Å². The summed E-state index contributed by atoms with van der Waals surface area (Å²) in [5.74, 6) is -0.556. The molecule has 0 bridgehead atoms. The maximum atomic E-state index is 13.0. The van der Waals surface area contributed by atoms with E-state index in [0.717, 1.165) is 34.7 Å². The number of aromatic nitrogens is 1. The summed E-state index contributed by atoms with van der Waals surface area (Å²) in [6.07, 6.45) is 2.32. The standard InChI is InChI=1S/C25H25NO3S/c1-17-15-22(18(2)26(17)20-13-14-20)23(27)16-29-25(28)24(19-9-5-3-6-10-19)30-21-11-7-4-8-12-21/h3-12,15,20,24H,13-14,16H2,1-2H3/t24-/m0/s1. The molecule has 4 rings (SSSR count). The van der Waals surface area contributed by atoms with Crippen molar-refractivity contribution in [3.8, 4) is 0 Å². The van der Waals surface area contributed by atoms with E-state index in [1.165, 1.54) is 11.8 Å². The first kappa shape index (κ1) is 20.5. The first-order chi connectivity index (χ1) is 14.5. The number of nitrogens with zero attached hydrogens (tertiary/aromatic N) is 1. The second-order valence-electron chi connectivity index (χ2n) is 7.64. The van der Waals surface area contributed by atoms with Crippen LogP contribution in [0, 0.1) is 13.8 Å². The van der Waals surface area contributed by atoms with Crippen LogP contribution >= 0.6 is 11.8 Å². The molecule has 0 saturated heterocycles. The van der Waals surface area contributed by atoms with Crippen molar-refractivity contribution in [1.82, 2.24) is 4.57 Å². The third-order valence-electron chi connectivity index (χ3n) is 5.36. The quantitative estimate of drug-likeness (QED) is 0.267. The predicted molar refractivity (Wildman–Crippen MR) is 119 cm³/mol. The van der Waals surface area contributed by atoms with Crippen molar-refractivity contribution in [2.24, 2.45) is 0 Å². The zero-order valence-corrected chi connectivity index (χ0v) is 18.0. The molecule has 0 amide bonds. The minimum atomic E-state index is -0.528. The molecule has 2 aromatic carbocycles. The van der Waals surface area contributed by atoms with Gasteiger partial charge >= 0.3 is 5.97 Å². The Balaban J connectivity index is 1.47. The Bertz CT molecular complexity index is 1040. The van der Waals surface area contributed by atoms with Crippen molar-refractivity contribution in [3.05, 3.63) is 89.2 Å². The summed E-state index contributed by atoms with van der Waals surface area (Å²) in [6.45, 7) is 3.75. The van der Waals surface area contributed by atoms with Gasteiger partial charge in [0.15, 0.2) is 6.61 Å². The second-order valence-corrected chi connectivity index (χ2v) is 8.82. The Labute approximate surface area is 181 Å². The van der Waals surface area contributed by atoms with Crippen LogP contribution in [0.1, 0.15) is 51.4 Å². The fourth-order valence-corrected chi connectivity index (χ4v) is 4.80. The van der Waals surface area contributed by atoms with Crippen molar-refractivity contribution in [2.75, 3.05) is 6.61 Å². The Hall–Kier alpha value is -2.79. The lowest BCUT2D eigenvalue weighted by atomic mass is 10.1. The number of ketones is 1. The van der Waals surface area contributed by atoms with Crippen molar-refractivity contribution in [3.63, 3.8) is 0 Å². The number of carbonyl (C=O) groups is 2. The largest absolute Gasteiger partial charge is 0.456 e. The highest BCUT2D eigenvalue weighted by Gasteiger charge is 2.29. The van der Waals surface area contributed by atoms with Gasteiger partial charge in [-0.3, -0.25) is 9.59 Å². The summed E-state index contributed by atoms with van der Waals surface area (Å²) in [6, 6.07) is 21.7. The molecule has 1 atom stereocenters. The van der Waals surface area contributed by atoms with Crippen LogP contribution in [-0.2, 0) is 9.53 Å². The molecule has 0 spiro atoms. The molecule has 4 nitrogen and oxygen atoms in total. The monoisotopic (exact) mass is 419 g/mol. The summed E-state index contributed by atoms with van der Waals surface area (Å²) in [4.78, 5) is 26.7.